The number of nitrogens with zero attached hydrogens (tertiary/aromatic N) is 1. The maximum atomic E-state index is 12.5. The number of nitrogen functional groups attached to an aromatic ring is 1. The summed E-state index contributed by atoms with van der Waals surface area (Å²) in [6.45, 7) is 7.17. The van der Waals surface area contributed by atoms with Gasteiger partial charge in [-0.3, -0.25) is 4.79 Å². The van der Waals surface area contributed by atoms with Gasteiger partial charge in [0.2, 0.25) is 0 Å². The molecule has 1 heterocycles. The lowest BCUT2D eigenvalue weighted by atomic mass is 9.91. The number of hydrogen-bond donors (Lipinski definition) is 1. The van der Waals surface area contributed by atoms with Crippen LogP contribution < -0.4 is 5.73 Å². The van der Waals surface area contributed by atoms with Crippen LogP contribution in [0.2, 0.25) is 0 Å². The molecule has 3 nitrogen and oxygen atoms in total. The Labute approximate surface area is 109 Å². The first-order valence-electron chi connectivity index (χ1n) is 6.68. The van der Waals surface area contributed by atoms with Crippen LogP contribution in [0.1, 0.15) is 42.6 Å². The quantitative estimate of drug-likeness (QED) is 0.774. The molecule has 1 aliphatic heterocycles. The van der Waals surface area contributed by atoms with E-state index in [1.54, 1.807) is 6.07 Å². The van der Waals surface area contributed by atoms with Gasteiger partial charge in [-0.1, -0.05) is 13.0 Å². The van der Waals surface area contributed by atoms with Gasteiger partial charge in [0.25, 0.3) is 5.91 Å². The fourth-order valence-electron chi connectivity index (χ4n) is 2.56. The average molecular weight is 246 g/mol. The van der Waals surface area contributed by atoms with Gasteiger partial charge in [-0.25, -0.2) is 0 Å². The van der Waals surface area contributed by atoms with Crippen LogP contribution in [0.25, 0.3) is 0 Å². The number of carbonyl (C=O) groups is 1. The lowest BCUT2D eigenvalue weighted by Crippen LogP contribution is -2.46. The molecule has 0 radical (unpaired) electrons. The van der Waals surface area contributed by atoms with Crippen LogP contribution in [0.5, 0.6) is 0 Å². The predicted octanol–water partition coefficient (Wildman–Crippen LogP) is 2.84. The molecule has 1 amide bonds. The minimum Gasteiger partial charge on any atom is -0.398 e. The minimum absolute atomic E-state index is 0.112. The first-order chi connectivity index (χ1) is 8.50. The second kappa shape index (κ2) is 5.01. The molecule has 2 unspecified atom stereocenters. The van der Waals surface area contributed by atoms with E-state index in [4.69, 9.17) is 5.73 Å². The van der Waals surface area contributed by atoms with E-state index in [1.165, 1.54) is 6.42 Å². The standard InChI is InChI=1S/C15H22N2O/c1-10-5-4-8-17(12(10)3)15(18)13-7-6-11(2)14(16)9-13/h6-7,9-10,12H,4-5,8,16H2,1-3H3. The van der Waals surface area contributed by atoms with Crippen molar-refractivity contribution in [3.05, 3.63) is 29.3 Å². The molecule has 2 N–H and O–H groups in total. The number of amides is 1. The summed E-state index contributed by atoms with van der Waals surface area (Å²) >= 11 is 0. The number of benzene rings is 1. The van der Waals surface area contributed by atoms with E-state index in [0.29, 0.717) is 23.2 Å². The molecule has 0 saturated carbocycles. The summed E-state index contributed by atoms with van der Waals surface area (Å²) in [6.07, 6.45) is 2.31. The number of anilines is 1. The van der Waals surface area contributed by atoms with Gasteiger partial charge in [-0.15, -0.1) is 0 Å². The molecule has 2 atom stereocenters. The Hall–Kier alpha value is -1.51. The third-order valence-corrected chi connectivity index (χ3v) is 4.16. The van der Waals surface area contributed by atoms with Gasteiger partial charge >= 0.3 is 0 Å². The normalized spacial score (nSPS) is 24.1. The van der Waals surface area contributed by atoms with Crippen LogP contribution in [0.4, 0.5) is 5.69 Å². The van der Waals surface area contributed by atoms with Crippen molar-refractivity contribution in [1.29, 1.82) is 0 Å². The molecular formula is C15H22N2O. The minimum atomic E-state index is 0.112. The van der Waals surface area contributed by atoms with Crippen LogP contribution in [-0.2, 0) is 0 Å². The molecule has 2 rings (SSSR count). The lowest BCUT2D eigenvalue weighted by Gasteiger charge is -2.38. The van der Waals surface area contributed by atoms with Gasteiger partial charge < -0.3 is 10.6 Å². The Bertz CT molecular complexity index is 456. The Kier molecular flexibility index (Phi) is 3.60. The van der Waals surface area contributed by atoms with Crippen LogP contribution in [0.3, 0.4) is 0 Å². The molecule has 98 valence electrons. The predicted molar refractivity (Wildman–Crippen MR) is 74.5 cm³/mol. The van der Waals surface area contributed by atoms with Crippen LogP contribution in [0.15, 0.2) is 18.2 Å². The third kappa shape index (κ3) is 2.35. The smallest absolute Gasteiger partial charge is 0.254 e. The Morgan fingerprint density at radius 1 is 1.39 bits per heavy atom. The van der Waals surface area contributed by atoms with E-state index in [2.05, 4.69) is 13.8 Å². The maximum absolute atomic E-state index is 12.5. The summed E-state index contributed by atoms with van der Waals surface area (Å²) in [7, 11) is 0. The summed E-state index contributed by atoms with van der Waals surface area (Å²) in [5.74, 6) is 0.686. The van der Waals surface area contributed by atoms with Crippen molar-refractivity contribution in [1.82, 2.24) is 4.90 Å². The zero-order chi connectivity index (χ0) is 13.3. The highest BCUT2D eigenvalue weighted by atomic mass is 16.2. The number of carbonyl (C=O) groups excluding carboxylic acids is 1. The third-order valence-electron chi connectivity index (χ3n) is 4.16. The highest BCUT2D eigenvalue weighted by Gasteiger charge is 2.28. The fourth-order valence-corrected chi connectivity index (χ4v) is 2.56. The molecule has 3 heteroatoms. The largest absolute Gasteiger partial charge is 0.398 e. The number of piperidine rings is 1. The molecule has 1 fully saturated rings. The zero-order valence-electron chi connectivity index (χ0n) is 11.4. The Morgan fingerprint density at radius 3 is 2.78 bits per heavy atom. The van der Waals surface area contributed by atoms with Gasteiger partial charge in [-0.05, 0) is 50.3 Å². The topological polar surface area (TPSA) is 46.3 Å². The Balaban J connectivity index is 2.22. The van der Waals surface area contributed by atoms with E-state index in [1.807, 2.05) is 24.0 Å². The molecule has 0 aliphatic carbocycles. The van der Waals surface area contributed by atoms with E-state index in [-0.39, 0.29) is 5.91 Å². The SMILES string of the molecule is Cc1ccc(C(=O)N2CCCC(C)C2C)cc1N. The second-order valence-electron chi connectivity index (χ2n) is 5.43. The van der Waals surface area contributed by atoms with E-state index in [0.717, 1.165) is 18.5 Å². The summed E-state index contributed by atoms with van der Waals surface area (Å²) < 4.78 is 0. The van der Waals surface area contributed by atoms with Crippen molar-refractivity contribution < 1.29 is 4.79 Å². The van der Waals surface area contributed by atoms with Crippen molar-refractivity contribution in [2.24, 2.45) is 5.92 Å². The molecule has 1 saturated heterocycles. The molecular weight excluding hydrogens is 224 g/mol. The van der Waals surface area contributed by atoms with Crippen molar-refractivity contribution in [2.75, 3.05) is 12.3 Å². The van der Waals surface area contributed by atoms with Crippen molar-refractivity contribution >= 4 is 11.6 Å². The molecule has 0 aromatic heterocycles. The highest BCUT2D eigenvalue weighted by molar-refractivity contribution is 5.95. The van der Waals surface area contributed by atoms with Crippen LogP contribution in [0, 0.1) is 12.8 Å². The summed E-state index contributed by atoms with van der Waals surface area (Å²) in [5, 5.41) is 0. The molecule has 0 bridgehead atoms. The van der Waals surface area contributed by atoms with Gasteiger partial charge in [0.15, 0.2) is 0 Å². The van der Waals surface area contributed by atoms with E-state index < -0.39 is 0 Å². The highest BCUT2D eigenvalue weighted by Crippen LogP contribution is 2.25. The molecule has 1 aromatic rings. The summed E-state index contributed by atoms with van der Waals surface area (Å²) in [5.41, 5.74) is 8.30. The van der Waals surface area contributed by atoms with E-state index in [9.17, 15) is 4.79 Å². The van der Waals surface area contributed by atoms with Crippen LogP contribution >= 0.6 is 0 Å². The maximum Gasteiger partial charge on any atom is 0.254 e. The van der Waals surface area contributed by atoms with Crippen molar-refractivity contribution in [3.8, 4) is 0 Å². The van der Waals surface area contributed by atoms with Crippen molar-refractivity contribution in [2.45, 2.75) is 39.7 Å². The van der Waals surface area contributed by atoms with Gasteiger partial charge in [-0.2, -0.15) is 0 Å². The molecule has 0 spiro atoms. The summed E-state index contributed by atoms with van der Waals surface area (Å²) in [6, 6.07) is 5.90. The lowest BCUT2D eigenvalue weighted by molar-refractivity contribution is 0.0551. The molecule has 18 heavy (non-hydrogen) atoms. The van der Waals surface area contributed by atoms with Gasteiger partial charge in [0, 0.05) is 23.8 Å². The zero-order valence-corrected chi connectivity index (χ0v) is 11.4. The van der Waals surface area contributed by atoms with E-state index >= 15 is 0 Å². The number of aryl methyl sites for hydroxylation is 1. The van der Waals surface area contributed by atoms with Crippen LogP contribution in [-0.4, -0.2) is 23.4 Å². The van der Waals surface area contributed by atoms with Crippen molar-refractivity contribution in [3.63, 3.8) is 0 Å². The number of hydrogen-bond acceptors (Lipinski definition) is 2. The molecule has 1 aromatic carbocycles. The molecule has 1 aliphatic rings. The van der Waals surface area contributed by atoms with Gasteiger partial charge in [0.1, 0.15) is 0 Å². The first kappa shape index (κ1) is 12.9. The fraction of sp³-hybridized carbons (Fsp3) is 0.533. The Morgan fingerprint density at radius 2 is 2.11 bits per heavy atom. The van der Waals surface area contributed by atoms with Gasteiger partial charge in [0.05, 0.1) is 0 Å². The summed E-state index contributed by atoms with van der Waals surface area (Å²) in [4.78, 5) is 14.5. The second-order valence-corrected chi connectivity index (χ2v) is 5.43. The number of likely N-dealkylation sites (tertiary alicyclic amines) is 1. The number of nitrogens with two attached hydrogens (primary N) is 1. The average Bonchev–Trinajstić information content (AvgIpc) is 2.35. The first-order valence-corrected chi connectivity index (χ1v) is 6.68. The number of rotatable bonds is 1. The monoisotopic (exact) mass is 246 g/mol.